The number of hydrogen-bond acceptors (Lipinski definition) is 9. The van der Waals surface area contributed by atoms with Crippen LogP contribution in [0.1, 0.15) is 13.8 Å². The fourth-order valence-electron chi connectivity index (χ4n) is 3.60. The molecule has 10 nitrogen and oxygen atoms in total. The fraction of sp³-hybridized carbons (Fsp3) is 0.478. The lowest BCUT2D eigenvalue weighted by atomic mass is 10.3. The molecule has 4 rings (SSSR count). The molecule has 1 aliphatic rings. The lowest BCUT2D eigenvalue weighted by molar-refractivity contribution is -0.123. The molecule has 0 spiro atoms. The summed E-state index contributed by atoms with van der Waals surface area (Å²) in [5.74, 6) is 1.78. The van der Waals surface area contributed by atoms with E-state index in [0.717, 1.165) is 35.1 Å². The zero-order valence-electron chi connectivity index (χ0n) is 19.7. The molecule has 0 saturated carbocycles. The van der Waals surface area contributed by atoms with Crippen molar-refractivity contribution in [2.45, 2.75) is 30.8 Å². The minimum atomic E-state index is -0.220. The summed E-state index contributed by atoms with van der Waals surface area (Å²) in [5, 5.41) is 9.39. The Morgan fingerprint density at radius 3 is 2.71 bits per heavy atom. The highest BCUT2D eigenvalue weighted by Gasteiger charge is 2.20. The summed E-state index contributed by atoms with van der Waals surface area (Å²) < 4.78 is 18.1. The lowest BCUT2D eigenvalue weighted by Crippen LogP contribution is -2.37. The number of rotatable bonds is 10. The zero-order valence-corrected chi connectivity index (χ0v) is 20.5. The van der Waals surface area contributed by atoms with E-state index in [1.165, 1.54) is 0 Å². The average Bonchev–Trinajstić information content (AvgIpc) is 3.25. The quantitative estimate of drug-likeness (QED) is 0.342. The maximum atomic E-state index is 12.3. The van der Waals surface area contributed by atoms with Crippen molar-refractivity contribution < 1.29 is 19.0 Å². The number of methoxy groups -OCH3 is 1. The van der Waals surface area contributed by atoms with Crippen LogP contribution in [0.2, 0.25) is 0 Å². The number of hydrogen-bond donors (Lipinski definition) is 1. The Bertz CT molecular complexity index is 1120. The van der Waals surface area contributed by atoms with E-state index >= 15 is 0 Å². The van der Waals surface area contributed by atoms with Gasteiger partial charge in [0.25, 0.3) is 5.91 Å². The van der Waals surface area contributed by atoms with Gasteiger partial charge in [0.05, 0.1) is 38.5 Å². The van der Waals surface area contributed by atoms with E-state index in [-0.39, 0.29) is 12.5 Å². The standard InChI is InChI=1S/C23H30N6O4S/c1-16(2)34-23-26-21(28-10-12-32-13-11-28)17-14-25-29(22(17)27-23)9-8-24-20(30)15-33-19-7-5-4-6-18(19)31-3/h4-7,14,16H,8-13,15H2,1-3H3,(H,24,30). The molecule has 1 saturated heterocycles. The summed E-state index contributed by atoms with van der Waals surface area (Å²) in [4.78, 5) is 24.1. The van der Waals surface area contributed by atoms with Crippen molar-refractivity contribution in [1.29, 1.82) is 0 Å². The second-order valence-electron chi connectivity index (χ2n) is 7.99. The SMILES string of the molecule is COc1ccccc1OCC(=O)NCCn1ncc2c(N3CCOCC3)nc(SC(C)C)nc21. The van der Waals surface area contributed by atoms with Crippen LogP contribution in [0.25, 0.3) is 11.0 Å². The number of morpholine rings is 1. The molecule has 2 aromatic heterocycles. The highest BCUT2D eigenvalue weighted by molar-refractivity contribution is 7.99. The summed E-state index contributed by atoms with van der Waals surface area (Å²) >= 11 is 1.62. The number of carbonyl (C=O) groups is 1. The van der Waals surface area contributed by atoms with Gasteiger partial charge in [-0.15, -0.1) is 0 Å². The largest absolute Gasteiger partial charge is 0.493 e. The van der Waals surface area contributed by atoms with Crippen molar-refractivity contribution in [3.63, 3.8) is 0 Å². The number of para-hydroxylation sites is 2. The number of anilines is 1. The minimum Gasteiger partial charge on any atom is -0.493 e. The van der Waals surface area contributed by atoms with Crippen LogP contribution in [-0.2, 0) is 16.1 Å². The maximum absolute atomic E-state index is 12.3. The summed E-state index contributed by atoms with van der Waals surface area (Å²) in [6.45, 7) is 7.93. The van der Waals surface area contributed by atoms with E-state index in [9.17, 15) is 4.79 Å². The van der Waals surface area contributed by atoms with Gasteiger partial charge in [0.15, 0.2) is 28.9 Å². The average molecular weight is 487 g/mol. The van der Waals surface area contributed by atoms with Gasteiger partial charge in [0.2, 0.25) is 0 Å². The van der Waals surface area contributed by atoms with Gasteiger partial charge in [-0.1, -0.05) is 37.7 Å². The van der Waals surface area contributed by atoms with E-state index in [0.29, 0.717) is 43.1 Å². The molecular weight excluding hydrogens is 456 g/mol. The number of nitrogens with zero attached hydrogens (tertiary/aromatic N) is 5. The summed E-state index contributed by atoms with van der Waals surface area (Å²) in [6, 6.07) is 7.23. The van der Waals surface area contributed by atoms with Gasteiger partial charge in [-0.3, -0.25) is 4.79 Å². The third-order valence-electron chi connectivity index (χ3n) is 5.18. The van der Waals surface area contributed by atoms with Crippen LogP contribution in [0.3, 0.4) is 0 Å². The molecule has 1 aromatic carbocycles. The molecule has 1 amide bonds. The number of benzene rings is 1. The number of carbonyl (C=O) groups excluding carboxylic acids is 1. The number of ether oxygens (including phenoxy) is 3. The molecule has 0 radical (unpaired) electrons. The third-order valence-corrected chi connectivity index (χ3v) is 6.05. The highest BCUT2D eigenvalue weighted by Crippen LogP contribution is 2.29. The summed E-state index contributed by atoms with van der Waals surface area (Å²) in [6.07, 6.45) is 1.80. The van der Waals surface area contributed by atoms with Gasteiger partial charge in [-0.2, -0.15) is 5.10 Å². The topological polar surface area (TPSA) is 104 Å². The van der Waals surface area contributed by atoms with Gasteiger partial charge in [-0.05, 0) is 12.1 Å². The molecule has 182 valence electrons. The maximum Gasteiger partial charge on any atom is 0.258 e. The predicted octanol–water partition coefficient (Wildman–Crippen LogP) is 2.37. The predicted molar refractivity (Wildman–Crippen MR) is 131 cm³/mol. The molecule has 11 heteroatoms. The van der Waals surface area contributed by atoms with Crippen LogP contribution in [0.4, 0.5) is 5.82 Å². The Morgan fingerprint density at radius 1 is 1.21 bits per heavy atom. The van der Waals surface area contributed by atoms with Crippen LogP contribution < -0.4 is 19.7 Å². The van der Waals surface area contributed by atoms with Crippen LogP contribution in [0.15, 0.2) is 35.6 Å². The molecule has 0 aliphatic carbocycles. The first kappa shape index (κ1) is 24.1. The number of amides is 1. The van der Waals surface area contributed by atoms with Gasteiger partial charge in [-0.25, -0.2) is 14.6 Å². The van der Waals surface area contributed by atoms with Crippen LogP contribution in [0.5, 0.6) is 11.5 Å². The molecule has 0 atom stereocenters. The van der Waals surface area contributed by atoms with E-state index < -0.39 is 0 Å². The Labute approximate surface area is 203 Å². The lowest BCUT2D eigenvalue weighted by Gasteiger charge is -2.28. The zero-order chi connectivity index (χ0) is 23.9. The summed E-state index contributed by atoms with van der Waals surface area (Å²) in [7, 11) is 1.57. The fourth-order valence-corrected chi connectivity index (χ4v) is 4.30. The normalized spacial score (nSPS) is 13.9. The van der Waals surface area contributed by atoms with E-state index in [2.05, 4.69) is 29.2 Å². The second-order valence-corrected chi connectivity index (χ2v) is 9.53. The van der Waals surface area contributed by atoms with Gasteiger partial charge < -0.3 is 24.4 Å². The minimum absolute atomic E-state index is 0.0985. The van der Waals surface area contributed by atoms with Crippen molar-refractivity contribution in [2.24, 2.45) is 0 Å². The summed E-state index contributed by atoms with van der Waals surface area (Å²) in [5.41, 5.74) is 0.763. The molecule has 3 heterocycles. The molecular formula is C23H30N6O4S. The number of thioether (sulfide) groups is 1. The molecule has 34 heavy (non-hydrogen) atoms. The number of aromatic nitrogens is 4. The first-order chi connectivity index (χ1) is 16.5. The van der Waals surface area contributed by atoms with E-state index in [1.807, 2.05) is 16.8 Å². The number of fused-ring (bicyclic) bond motifs is 1. The monoisotopic (exact) mass is 486 g/mol. The van der Waals surface area contributed by atoms with Crippen LogP contribution >= 0.6 is 11.8 Å². The van der Waals surface area contributed by atoms with Crippen molar-refractivity contribution in [2.75, 3.05) is 51.5 Å². The Kier molecular flexibility index (Phi) is 8.07. The Morgan fingerprint density at radius 2 is 1.97 bits per heavy atom. The van der Waals surface area contributed by atoms with Gasteiger partial charge in [0, 0.05) is 24.9 Å². The Hall–Kier alpha value is -3.05. The number of nitrogens with one attached hydrogen (secondary N) is 1. The molecule has 0 unspecified atom stereocenters. The second kappa shape index (κ2) is 11.4. The van der Waals surface area contributed by atoms with Crippen molar-refractivity contribution >= 4 is 34.5 Å². The van der Waals surface area contributed by atoms with Gasteiger partial charge in [0.1, 0.15) is 5.82 Å². The molecule has 1 aliphatic heterocycles. The molecule has 0 bridgehead atoms. The third kappa shape index (κ3) is 5.89. The van der Waals surface area contributed by atoms with Crippen molar-refractivity contribution in [3.8, 4) is 11.5 Å². The molecule has 1 N–H and O–H groups in total. The van der Waals surface area contributed by atoms with Crippen molar-refractivity contribution in [3.05, 3.63) is 30.5 Å². The first-order valence-electron chi connectivity index (χ1n) is 11.3. The molecule has 1 fully saturated rings. The van der Waals surface area contributed by atoms with Gasteiger partial charge >= 0.3 is 0 Å². The Balaban J connectivity index is 1.42. The smallest absolute Gasteiger partial charge is 0.258 e. The highest BCUT2D eigenvalue weighted by atomic mass is 32.2. The van der Waals surface area contributed by atoms with Crippen molar-refractivity contribution in [1.82, 2.24) is 25.1 Å². The van der Waals surface area contributed by atoms with Crippen LogP contribution in [0, 0.1) is 0 Å². The van der Waals surface area contributed by atoms with E-state index in [1.54, 1.807) is 37.2 Å². The van der Waals surface area contributed by atoms with Crippen LogP contribution in [-0.4, -0.2) is 77.5 Å². The van der Waals surface area contributed by atoms with E-state index in [4.69, 9.17) is 24.2 Å². The first-order valence-corrected chi connectivity index (χ1v) is 12.2. The molecule has 3 aromatic rings.